The van der Waals surface area contributed by atoms with E-state index in [2.05, 4.69) is 55.1 Å². The molecule has 0 spiro atoms. The Kier molecular flexibility index (Phi) is 18.1. The van der Waals surface area contributed by atoms with Crippen LogP contribution in [-0.2, 0) is 0 Å². The molecule has 0 aliphatic carbocycles. The molecule has 0 amide bonds. The normalized spacial score (nSPS) is 13.0. The molecule has 0 radical (unpaired) electrons. The Morgan fingerprint density at radius 2 is 1.76 bits per heavy atom. The summed E-state index contributed by atoms with van der Waals surface area (Å²) in [5, 5.41) is 6.83. The van der Waals surface area contributed by atoms with E-state index in [1.54, 1.807) is 0 Å². The lowest BCUT2D eigenvalue weighted by atomic mass is 10.2. The molecular weight excluding hydrogens is 375 g/mol. The number of unbranched alkanes of at least 4 members (excludes halogenated alkanes) is 1. The maximum Gasteiger partial charge on any atom is 0.191 e. The molecule has 0 aromatic carbocycles. The Morgan fingerprint density at radius 3 is 2.29 bits per heavy atom. The van der Waals surface area contributed by atoms with Crippen molar-refractivity contribution in [1.29, 1.82) is 0 Å². The lowest BCUT2D eigenvalue weighted by Crippen LogP contribution is -2.42. The highest BCUT2D eigenvalue weighted by Gasteiger charge is 2.06. The zero-order valence-electron chi connectivity index (χ0n) is 14.7. The number of guanidine groups is 1. The van der Waals surface area contributed by atoms with E-state index in [0.29, 0.717) is 6.04 Å². The Hall–Kier alpha value is -0.0400. The molecule has 4 nitrogen and oxygen atoms in total. The molecule has 0 rings (SSSR count). The van der Waals surface area contributed by atoms with Gasteiger partial charge in [0.15, 0.2) is 5.96 Å². The van der Waals surface area contributed by atoms with Gasteiger partial charge in [-0.2, -0.15) is 0 Å². The summed E-state index contributed by atoms with van der Waals surface area (Å²) in [4.78, 5) is 7.08. The van der Waals surface area contributed by atoms with Crippen LogP contribution in [0.15, 0.2) is 4.99 Å². The highest BCUT2D eigenvalue weighted by molar-refractivity contribution is 14.0. The monoisotopic (exact) mass is 412 g/mol. The van der Waals surface area contributed by atoms with Crippen molar-refractivity contribution in [3.8, 4) is 0 Å². The van der Waals surface area contributed by atoms with Crippen LogP contribution in [0.2, 0.25) is 0 Å². The van der Waals surface area contributed by atoms with Crippen molar-refractivity contribution in [2.45, 2.75) is 66.3 Å². The maximum atomic E-state index is 4.60. The molecule has 1 atom stereocenters. The molecule has 0 bridgehead atoms. The first-order valence-electron chi connectivity index (χ1n) is 8.44. The molecule has 0 aliphatic heterocycles. The second-order valence-corrected chi connectivity index (χ2v) is 5.33. The van der Waals surface area contributed by atoms with Crippen LogP contribution in [0.4, 0.5) is 0 Å². The van der Waals surface area contributed by atoms with Crippen LogP contribution in [-0.4, -0.2) is 49.6 Å². The first kappa shape index (κ1) is 23.2. The van der Waals surface area contributed by atoms with Gasteiger partial charge in [-0.3, -0.25) is 4.99 Å². The standard InChI is InChI=1S/C16H36N4.HI/c1-6-10-13-18-16(17-7-2)19-15(5)12-11-14-20(8-3)9-4;/h15H,6-14H2,1-5H3,(H2,17,18,19);1H. The molecule has 128 valence electrons. The van der Waals surface area contributed by atoms with Crippen molar-refractivity contribution in [2.75, 3.05) is 32.7 Å². The van der Waals surface area contributed by atoms with Crippen molar-refractivity contribution in [3.05, 3.63) is 0 Å². The van der Waals surface area contributed by atoms with Gasteiger partial charge in [0, 0.05) is 19.1 Å². The second-order valence-electron chi connectivity index (χ2n) is 5.33. The fourth-order valence-corrected chi connectivity index (χ4v) is 2.14. The van der Waals surface area contributed by atoms with Crippen LogP contribution in [0.1, 0.15) is 60.3 Å². The minimum atomic E-state index is 0. The minimum absolute atomic E-state index is 0. The fraction of sp³-hybridized carbons (Fsp3) is 0.938. The van der Waals surface area contributed by atoms with Crippen molar-refractivity contribution >= 4 is 29.9 Å². The molecule has 0 aromatic rings. The molecule has 0 fully saturated rings. The average Bonchev–Trinajstić information content (AvgIpc) is 2.44. The Balaban J connectivity index is 0. The van der Waals surface area contributed by atoms with E-state index in [0.717, 1.165) is 38.6 Å². The zero-order valence-corrected chi connectivity index (χ0v) is 17.1. The molecule has 0 aliphatic rings. The van der Waals surface area contributed by atoms with Crippen LogP contribution in [0, 0.1) is 0 Å². The third-order valence-electron chi connectivity index (χ3n) is 3.51. The second kappa shape index (κ2) is 16.3. The fourth-order valence-electron chi connectivity index (χ4n) is 2.14. The van der Waals surface area contributed by atoms with Crippen LogP contribution in [0.25, 0.3) is 0 Å². The van der Waals surface area contributed by atoms with Crippen molar-refractivity contribution < 1.29 is 0 Å². The highest BCUT2D eigenvalue weighted by atomic mass is 127. The van der Waals surface area contributed by atoms with Crippen molar-refractivity contribution in [3.63, 3.8) is 0 Å². The number of rotatable bonds is 11. The van der Waals surface area contributed by atoms with Crippen LogP contribution < -0.4 is 10.6 Å². The predicted molar refractivity (Wildman–Crippen MR) is 106 cm³/mol. The number of nitrogens with one attached hydrogen (secondary N) is 2. The lowest BCUT2D eigenvalue weighted by Gasteiger charge is -2.21. The van der Waals surface area contributed by atoms with E-state index < -0.39 is 0 Å². The van der Waals surface area contributed by atoms with E-state index in [4.69, 9.17) is 0 Å². The molecule has 2 N–H and O–H groups in total. The number of halogens is 1. The van der Waals surface area contributed by atoms with Crippen molar-refractivity contribution in [1.82, 2.24) is 15.5 Å². The van der Waals surface area contributed by atoms with Gasteiger partial charge in [0.1, 0.15) is 0 Å². The Labute approximate surface area is 149 Å². The van der Waals surface area contributed by atoms with E-state index in [1.807, 2.05) is 0 Å². The topological polar surface area (TPSA) is 39.7 Å². The summed E-state index contributed by atoms with van der Waals surface area (Å²) >= 11 is 0. The van der Waals surface area contributed by atoms with Crippen LogP contribution >= 0.6 is 24.0 Å². The molecule has 0 saturated heterocycles. The summed E-state index contributed by atoms with van der Waals surface area (Å²) in [5.74, 6) is 0.969. The Morgan fingerprint density at radius 1 is 1.10 bits per heavy atom. The Bertz CT molecular complexity index is 242. The summed E-state index contributed by atoms with van der Waals surface area (Å²) in [6.07, 6.45) is 4.79. The third-order valence-corrected chi connectivity index (χ3v) is 3.51. The molecule has 1 unspecified atom stereocenters. The quantitative estimate of drug-likeness (QED) is 0.236. The number of hydrogen-bond acceptors (Lipinski definition) is 2. The maximum absolute atomic E-state index is 4.60. The first-order valence-corrected chi connectivity index (χ1v) is 8.44. The van der Waals surface area contributed by atoms with Gasteiger partial charge in [-0.05, 0) is 52.7 Å². The minimum Gasteiger partial charge on any atom is -0.357 e. The van der Waals surface area contributed by atoms with E-state index in [9.17, 15) is 0 Å². The van der Waals surface area contributed by atoms with Crippen LogP contribution in [0.3, 0.4) is 0 Å². The lowest BCUT2D eigenvalue weighted by molar-refractivity contribution is 0.292. The van der Waals surface area contributed by atoms with Gasteiger partial charge in [-0.25, -0.2) is 0 Å². The number of aliphatic imine (C=N–C) groups is 1. The van der Waals surface area contributed by atoms with Gasteiger partial charge in [0.2, 0.25) is 0 Å². The number of hydrogen-bond donors (Lipinski definition) is 2. The average molecular weight is 412 g/mol. The molecular formula is C16H37IN4. The van der Waals surface area contributed by atoms with E-state index in [-0.39, 0.29) is 24.0 Å². The van der Waals surface area contributed by atoms with Crippen molar-refractivity contribution in [2.24, 2.45) is 4.99 Å². The molecule has 5 heteroatoms. The summed E-state index contributed by atoms with van der Waals surface area (Å²) in [6, 6.07) is 0.477. The van der Waals surface area contributed by atoms with E-state index >= 15 is 0 Å². The van der Waals surface area contributed by atoms with Gasteiger partial charge in [-0.1, -0.05) is 27.2 Å². The van der Waals surface area contributed by atoms with Gasteiger partial charge in [0.05, 0.1) is 0 Å². The zero-order chi connectivity index (χ0) is 15.2. The largest absolute Gasteiger partial charge is 0.357 e. The molecule has 0 aromatic heterocycles. The van der Waals surface area contributed by atoms with Gasteiger partial charge < -0.3 is 15.5 Å². The smallest absolute Gasteiger partial charge is 0.191 e. The van der Waals surface area contributed by atoms with Gasteiger partial charge in [0.25, 0.3) is 0 Å². The summed E-state index contributed by atoms with van der Waals surface area (Å²) in [7, 11) is 0. The molecule has 0 saturated carbocycles. The summed E-state index contributed by atoms with van der Waals surface area (Å²) in [5.41, 5.74) is 0. The van der Waals surface area contributed by atoms with Gasteiger partial charge in [-0.15, -0.1) is 24.0 Å². The summed E-state index contributed by atoms with van der Waals surface area (Å²) < 4.78 is 0. The number of nitrogens with zero attached hydrogens (tertiary/aromatic N) is 2. The predicted octanol–water partition coefficient (Wildman–Crippen LogP) is 3.47. The molecule has 0 heterocycles. The summed E-state index contributed by atoms with van der Waals surface area (Å²) in [6.45, 7) is 16.4. The first-order chi connectivity index (χ1) is 9.67. The SMILES string of the molecule is CCCCN=C(NCC)NC(C)CCCN(CC)CC.I. The van der Waals surface area contributed by atoms with Gasteiger partial charge >= 0.3 is 0 Å². The highest BCUT2D eigenvalue weighted by Crippen LogP contribution is 1.99. The molecule has 21 heavy (non-hydrogen) atoms. The third kappa shape index (κ3) is 13.4. The van der Waals surface area contributed by atoms with E-state index in [1.165, 1.54) is 25.8 Å². The van der Waals surface area contributed by atoms with Crippen LogP contribution in [0.5, 0.6) is 0 Å².